The predicted octanol–water partition coefficient (Wildman–Crippen LogP) is -4.53. The summed E-state index contributed by atoms with van der Waals surface area (Å²) in [6.45, 7) is -1.70. The minimum absolute atomic E-state index is 0. The molecular formula is C2BKN2O. The Bertz CT molecular complexity index is 99.8. The monoisotopic (exact) mass is 118 g/mol. The van der Waals surface area contributed by atoms with E-state index in [9.17, 15) is 5.02 Å². The Morgan fingerprint density at radius 3 is 1.57 bits per heavy atom. The van der Waals surface area contributed by atoms with E-state index in [0.29, 0.717) is 0 Å². The molecule has 0 spiro atoms. The molecule has 0 rings (SSSR count). The maximum absolute atomic E-state index is 9.54. The van der Waals surface area contributed by atoms with Crippen molar-refractivity contribution in [2.45, 2.75) is 0 Å². The van der Waals surface area contributed by atoms with E-state index in [-0.39, 0.29) is 51.4 Å². The molecule has 0 amide bonds. The van der Waals surface area contributed by atoms with Gasteiger partial charge in [-0.25, -0.2) is 10.5 Å². The second-order valence-corrected chi connectivity index (χ2v) is 0.638. The Balaban J connectivity index is 0. The van der Waals surface area contributed by atoms with Crippen molar-refractivity contribution in [2.24, 2.45) is 0 Å². The molecule has 0 aromatic heterocycles. The molecule has 0 aromatic carbocycles. The SMILES string of the molecule is N#CB([O-])C#N.[K+]. The van der Waals surface area contributed by atoms with E-state index in [1.54, 1.807) is 0 Å². The summed E-state index contributed by atoms with van der Waals surface area (Å²) in [7, 11) is 0. The zero-order chi connectivity index (χ0) is 4.99. The standard InChI is InChI=1S/C2BN2O.K/c4-1-3(6)2-5;/q-1;+1. The van der Waals surface area contributed by atoms with Gasteiger partial charge in [-0.05, 0) is 11.9 Å². The van der Waals surface area contributed by atoms with Crippen molar-refractivity contribution >= 4 is 6.92 Å². The van der Waals surface area contributed by atoms with Gasteiger partial charge in [-0.1, -0.05) is 0 Å². The normalized spacial score (nSPS) is 4.43. The molecule has 28 valence electrons. The number of hydrogen-bond donors (Lipinski definition) is 0. The molecular weight excluding hydrogens is 118 g/mol. The second-order valence-electron chi connectivity index (χ2n) is 0.638. The van der Waals surface area contributed by atoms with Gasteiger partial charge in [0.1, 0.15) is 0 Å². The summed E-state index contributed by atoms with van der Waals surface area (Å²) in [5, 5.41) is 24.6. The van der Waals surface area contributed by atoms with Crippen LogP contribution in [0, 0.1) is 22.5 Å². The van der Waals surface area contributed by atoms with Crippen LogP contribution in [-0.2, 0) is 0 Å². The van der Waals surface area contributed by atoms with Gasteiger partial charge >= 0.3 is 51.4 Å². The fourth-order valence-corrected chi connectivity index (χ4v) is 0.0289. The van der Waals surface area contributed by atoms with Crippen molar-refractivity contribution in [2.75, 3.05) is 0 Å². The van der Waals surface area contributed by atoms with Crippen LogP contribution in [0.4, 0.5) is 0 Å². The molecule has 0 aromatic rings. The molecule has 3 nitrogen and oxygen atoms in total. The van der Waals surface area contributed by atoms with Gasteiger partial charge in [0, 0.05) is 0 Å². The maximum atomic E-state index is 9.54. The average Bonchev–Trinajstić information content (AvgIpc) is 1.65. The fourth-order valence-electron chi connectivity index (χ4n) is 0.0289. The molecule has 0 radical (unpaired) electrons. The summed E-state index contributed by atoms with van der Waals surface area (Å²) in [5.74, 6) is 2.40. The average molecular weight is 118 g/mol. The Morgan fingerprint density at radius 2 is 1.57 bits per heavy atom. The number of nitriles is 2. The molecule has 0 N–H and O–H groups in total. The molecule has 0 aliphatic carbocycles. The topological polar surface area (TPSA) is 70.6 Å². The van der Waals surface area contributed by atoms with Crippen molar-refractivity contribution in [3.8, 4) is 11.9 Å². The Morgan fingerprint density at radius 1 is 1.29 bits per heavy atom. The molecule has 0 saturated carbocycles. The number of hydrogen-bond acceptors (Lipinski definition) is 3. The van der Waals surface area contributed by atoms with Crippen LogP contribution in [-0.4, -0.2) is 6.92 Å². The van der Waals surface area contributed by atoms with Crippen molar-refractivity contribution in [3.05, 3.63) is 0 Å². The van der Waals surface area contributed by atoms with Crippen LogP contribution in [0.2, 0.25) is 0 Å². The summed E-state index contributed by atoms with van der Waals surface area (Å²) in [6, 6.07) is 0. The van der Waals surface area contributed by atoms with E-state index in [4.69, 9.17) is 10.5 Å². The van der Waals surface area contributed by atoms with Gasteiger partial charge in [0.2, 0.25) is 0 Å². The van der Waals surface area contributed by atoms with Gasteiger partial charge in [0.15, 0.2) is 0 Å². The van der Waals surface area contributed by atoms with Gasteiger partial charge in [0.05, 0.1) is 0 Å². The smallest absolute Gasteiger partial charge is 0.855 e. The predicted molar refractivity (Wildman–Crippen MR) is 17.0 cm³/mol. The van der Waals surface area contributed by atoms with Crippen molar-refractivity contribution in [1.29, 1.82) is 10.5 Å². The number of rotatable bonds is 0. The van der Waals surface area contributed by atoms with E-state index in [1.165, 1.54) is 11.9 Å². The van der Waals surface area contributed by atoms with Crippen LogP contribution >= 0.6 is 0 Å². The first-order valence-electron chi connectivity index (χ1n) is 1.26. The summed E-state index contributed by atoms with van der Waals surface area (Å²) in [6.07, 6.45) is 0. The molecule has 7 heavy (non-hydrogen) atoms. The Kier molecular flexibility index (Phi) is 10.0. The molecule has 0 atom stereocenters. The van der Waals surface area contributed by atoms with Gasteiger partial charge in [-0.3, -0.25) is 0 Å². The Labute approximate surface area is 84.5 Å². The van der Waals surface area contributed by atoms with Gasteiger partial charge in [0.25, 0.3) is 6.92 Å². The minimum atomic E-state index is -1.70. The van der Waals surface area contributed by atoms with Crippen molar-refractivity contribution in [1.82, 2.24) is 0 Å². The van der Waals surface area contributed by atoms with E-state index >= 15 is 0 Å². The zero-order valence-corrected chi connectivity index (χ0v) is 7.00. The van der Waals surface area contributed by atoms with Crippen molar-refractivity contribution in [3.63, 3.8) is 0 Å². The van der Waals surface area contributed by atoms with Gasteiger partial charge in [-0.2, -0.15) is 0 Å². The minimum Gasteiger partial charge on any atom is -0.855 e. The molecule has 0 aliphatic heterocycles. The van der Waals surface area contributed by atoms with E-state index in [1.807, 2.05) is 0 Å². The van der Waals surface area contributed by atoms with Crippen LogP contribution in [0.15, 0.2) is 0 Å². The molecule has 5 heteroatoms. The van der Waals surface area contributed by atoms with Crippen LogP contribution in [0.5, 0.6) is 0 Å². The van der Waals surface area contributed by atoms with Gasteiger partial charge < -0.3 is 5.02 Å². The van der Waals surface area contributed by atoms with E-state index in [0.717, 1.165) is 0 Å². The number of nitrogens with zero attached hydrogens (tertiary/aromatic N) is 2. The zero-order valence-electron chi connectivity index (χ0n) is 3.88. The summed E-state index contributed by atoms with van der Waals surface area (Å²) in [5.41, 5.74) is 0. The first kappa shape index (κ1) is 10.6. The first-order chi connectivity index (χ1) is 2.81. The molecule has 0 aliphatic rings. The van der Waals surface area contributed by atoms with Crippen molar-refractivity contribution < 1.29 is 56.4 Å². The molecule has 0 saturated heterocycles. The second kappa shape index (κ2) is 6.64. The summed E-state index contributed by atoms with van der Waals surface area (Å²) < 4.78 is 0. The van der Waals surface area contributed by atoms with Crippen LogP contribution < -0.4 is 56.4 Å². The molecule has 0 fully saturated rings. The first-order valence-corrected chi connectivity index (χ1v) is 1.26. The molecule has 0 bridgehead atoms. The van der Waals surface area contributed by atoms with E-state index in [2.05, 4.69) is 0 Å². The molecule has 0 unspecified atom stereocenters. The van der Waals surface area contributed by atoms with Crippen LogP contribution in [0.3, 0.4) is 0 Å². The third-order valence-electron chi connectivity index (χ3n) is 0.235. The quantitative estimate of drug-likeness (QED) is 0.301. The summed E-state index contributed by atoms with van der Waals surface area (Å²) >= 11 is 0. The fraction of sp³-hybridized carbons (Fsp3) is 0. The van der Waals surface area contributed by atoms with Crippen LogP contribution in [0.25, 0.3) is 0 Å². The van der Waals surface area contributed by atoms with Gasteiger partial charge in [-0.15, -0.1) is 0 Å². The van der Waals surface area contributed by atoms with Crippen LogP contribution in [0.1, 0.15) is 0 Å². The third kappa shape index (κ3) is 6.64. The third-order valence-corrected chi connectivity index (χ3v) is 0.235. The Hall–Kier alpha value is 0.641. The maximum Gasteiger partial charge on any atom is 1.00 e. The molecule has 0 heterocycles. The summed E-state index contributed by atoms with van der Waals surface area (Å²) in [4.78, 5) is 0. The largest absolute Gasteiger partial charge is 1.00 e. The van der Waals surface area contributed by atoms with E-state index < -0.39 is 6.92 Å².